The van der Waals surface area contributed by atoms with E-state index in [1.807, 2.05) is 26.0 Å². The van der Waals surface area contributed by atoms with Gasteiger partial charge in [-0.15, -0.1) is 0 Å². The molecular weight excluding hydrogens is 178 g/mol. The van der Waals surface area contributed by atoms with Crippen molar-refractivity contribution in [1.29, 1.82) is 0 Å². The molecule has 1 heterocycles. The quantitative estimate of drug-likeness (QED) is 0.758. The lowest BCUT2D eigenvalue weighted by atomic mass is 10.1. The third kappa shape index (κ3) is 2.88. The minimum absolute atomic E-state index is 0.153. The molecule has 1 rings (SSSR count). The number of ether oxygens (including phenoxy) is 1. The van der Waals surface area contributed by atoms with Gasteiger partial charge in [-0.1, -0.05) is 6.07 Å². The molecule has 0 aliphatic rings. The number of rotatable bonds is 4. The van der Waals surface area contributed by atoms with E-state index in [4.69, 9.17) is 10.5 Å². The van der Waals surface area contributed by atoms with Crippen molar-refractivity contribution >= 4 is 5.82 Å². The second kappa shape index (κ2) is 4.28. The number of nitrogens with two attached hydrogens (primary N) is 1. The Kier molecular flexibility index (Phi) is 3.30. The van der Waals surface area contributed by atoms with Crippen LogP contribution in [0.15, 0.2) is 18.2 Å². The second-order valence-corrected chi connectivity index (χ2v) is 3.78. The highest BCUT2D eigenvalue weighted by Gasteiger charge is 2.15. The van der Waals surface area contributed by atoms with Crippen LogP contribution in [0.25, 0.3) is 0 Å². The van der Waals surface area contributed by atoms with Crippen LogP contribution in [0.2, 0.25) is 0 Å². The first kappa shape index (κ1) is 10.8. The monoisotopic (exact) mass is 195 g/mol. The minimum atomic E-state index is -0.153. The van der Waals surface area contributed by atoms with Crippen LogP contribution in [-0.4, -0.2) is 24.2 Å². The van der Waals surface area contributed by atoms with Crippen molar-refractivity contribution in [1.82, 2.24) is 4.98 Å². The fourth-order valence-corrected chi connectivity index (χ4v) is 0.996. The maximum atomic E-state index is 5.60. The Morgan fingerprint density at radius 3 is 2.79 bits per heavy atom. The average Bonchev–Trinajstić information content (AvgIpc) is 2.17. The number of nitrogens with zero attached hydrogens (tertiary/aromatic N) is 1. The molecule has 0 fully saturated rings. The van der Waals surface area contributed by atoms with E-state index in [2.05, 4.69) is 10.3 Å². The first-order valence-corrected chi connectivity index (χ1v) is 4.57. The molecule has 0 radical (unpaired) electrons. The number of hydrogen-bond donors (Lipinski definition) is 2. The third-order valence-electron chi connectivity index (χ3n) is 1.91. The Morgan fingerprint density at radius 2 is 2.21 bits per heavy atom. The van der Waals surface area contributed by atoms with E-state index in [1.54, 1.807) is 13.2 Å². The van der Waals surface area contributed by atoms with Crippen molar-refractivity contribution in [2.75, 3.05) is 19.0 Å². The Morgan fingerprint density at radius 1 is 1.50 bits per heavy atom. The van der Waals surface area contributed by atoms with Crippen LogP contribution in [0, 0.1) is 0 Å². The van der Waals surface area contributed by atoms with E-state index >= 15 is 0 Å². The van der Waals surface area contributed by atoms with Gasteiger partial charge in [-0.05, 0) is 19.9 Å². The summed E-state index contributed by atoms with van der Waals surface area (Å²) < 4.78 is 5.02. The molecule has 1 aromatic rings. The van der Waals surface area contributed by atoms with E-state index in [1.165, 1.54) is 0 Å². The molecule has 78 valence electrons. The molecule has 0 saturated carbocycles. The number of anilines is 1. The largest absolute Gasteiger partial charge is 0.481 e. The molecule has 0 saturated heterocycles. The molecule has 1 aromatic heterocycles. The summed E-state index contributed by atoms with van der Waals surface area (Å²) in [4.78, 5) is 4.24. The van der Waals surface area contributed by atoms with Gasteiger partial charge in [-0.2, -0.15) is 4.98 Å². The lowest BCUT2D eigenvalue weighted by Gasteiger charge is -2.24. The smallest absolute Gasteiger partial charge is 0.214 e. The molecule has 4 heteroatoms. The summed E-state index contributed by atoms with van der Waals surface area (Å²) in [5.41, 5.74) is 5.45. The molecule has 0 unspecified atom stereocenters. The van der Waals surface area contributed by atoms with E-state index in [9.17, 15) is 0 Å². The maximum absolute atomic E-state index is 5.60. The number of pyridine rings is 1. The lowest BCUT2D eigenvalue weighted by molar-refractivity contribution is 0.398. The zero-order chi connectivity index (χ0) is 10.6. The van der Waals surface area contributed by atoms with Gasteiger partial charge in [0.25, 0.3) is 0 Å². The maximum Gasteiger partial charge on any atom is 0.214 e. The summed E-state index contributed by atoms with van der Waals surface area (Å²) in [5.74, 6) is 1.38. The van der Waals surface area contributed by atoms with Crippen molar-refractivity contribution in [3.05, 3.63) is 18.2 Å². The molecule has 0 spiro atoms. The molecule has 0 aromatic carbocycles. The Labute approximate surface area is 84.5 Å². The zero-order valence-electron chi connectivity index (χ0n) is 8.87. The van der Waals surface area contributed by atoms with Gasteiger partial charge < -0.3 is 15.8 Å². The molecule has 0 aliphatic heterocycles. The van der Waals surface area contributed by atoms with Crippen molar-refractivity contribution < 1.29 is 4.74 Å². The zero-order valence-corrected chi connectivity index (χ0v) is 8.87. The van der Waals surface area contributed by atoms with Gasteiger partial charge >= 0.3 is 0 Å². The summed E-state index contributed by atoms with van der Waals surface area (Å²) >= 11 is 0. The summed E-state index contributed by atoms with van der Waals surface area (Å²) in [6, 6.07) is 5.58. The Balaban J connectivity index is 2.76. The fraction of sp³-hybridized carbons (Fsp3) is 0.500. The highest BCUT2D eigenvalue weighted by Crippen LogP contribution is 2.14. The number of methoxy groups -OCH3 is 1. The molecule has 0 atom stereocenters. The predicted octanol–water partition coefficient (Wildman–Crippen LogP) is 1.24. The molecule has 14 heavy (non-hydrogen) atoms. The average molecular weight is 195 g/mol. The van der Waals surface area contributed by atoms with Crippen molar-refractivity contribution in [3.63, 3.8) is 0 Å². The van der Waals surface area contributed by atoms with E-state index < -0.39 is 0 Å². The number of aromatic nitrogens is 1. The van der Waals surface area contributed by atoms with Crippen molar-refractivity contribution in [2.24, 2.45) is 5.73 Å². The van der Waals surface area contributed by atoms with Crippen LogP contribution < -0.4 is 15.8 Å². The van der Waals surface area contributed by atoms with Gasteiger partial charge in [0.15, 0.2) is 0 Å². The van der Waals surface area contributed by atoms with Crippen molar-refractivity contribution in [2.45, 2.75) is 19.4 Å². The number of hydrogen-bond acceptors (Lipinski definition) is 4. The molecule has 0 aliphatic carbocycles. The summed E-state index contributed by atoms with van der Waals surface area (Å²) in [6.07, 6.45) is 0. The van der Waals surface area contributed by atoms with Crippen LogP contribution in [0.1, 0.15) is 13.8 Å². The van der Waals surface area contributed by atoms with Gasteiger partial charge in [-0.25, -0.2) is 0 Å². The Bertz CT molecular complexity index is 299. The topological polar surface area (TPSA) is 60.2 Å². The molecule has 0 bridgehead atoms. The van der Waals surface area contributed by atoms with Crippen molar-refractivity contribution in [3.8, 4) is 5.88 Å². The summed E-state index contributed by atoms with van der Waals surface area (Å²) in [5, 5.41) is 3.23. The van der Waals surface area contributed by atoms with Gasteiger partial charge in [0.1, 0.15) is 5.82 Å². The van der Waals surface area contributed by atoms with Gasteiger partial charge in [0, 0.05) is 18.2 Å². The lowest BCUT2D eigenvalue weighted by Crippen LogP contribution is -2.39. The second-order valence-electron chi connectivity index (χ2n) is 3.78. The van der Waals surface area contributed by atoms with Gasteiger partial charge in [0.05, 0.1) is 7.11 Å². The van der Waals surface area contributed by atoms with E-state index in [-0.39, 0.29) is 5.54 Å². The van der Waals surface area contributed by atoms with Crippen LogP contribution >= 0.6 is 0 Å². The minimum Gasteiger partial charge on any atom is -0.481 e. The highest BCUT2D eigenvalue weighted by molar-refractivity contribution is 5.39. The SMILES string of the molecule is COc1cccc(NC(C)(C)CN)n1. The van der Waals surface area contributed by atoms with E-state index in [0.29, 0.717) is 12.4 Å². The molecule has 0 amide bonds. The molecular formula is C10H17N3O. The van der Waals surface area contributed by atoms with E-state index in [0.717, 1.165) is 5.82 Å². The van der Waals surface area contributed by atoms with Crippen LogP contribution in [-0.2, 0) is 0 Å². The summed E-state index contributed by atoms with van der Waals surface area (Å²) in [6.45, 7) is 4.59. The van der Waals surface area contributed by atoms with Crippen LogP contribution in [0.5, 0.6) is 5.88 Å². The highest BCUT2D eigenvalue weighted by atomic mass is 16.5. The summed E-state index contributed by atoms with van der Waals surface area (Å²) in [7, 11) is 1.60. The number of nitrogens with one attached hydrogen (secondary N) is 1. The predicted molar refractivity (Wildman–Crippen MR) is 57.5 cm³/mol. The third-order valence-corrected chi connectivity index (χ3v) is 1.91. The Hall–Kier alpha value is -1.29. The van der Waals surface area contributed by atoms with Crippen LogP contribution in [0.3, 0.4) is 0 Å². The first-order valence-electron chi connectivity index (χ1n) is 4.57. The first-order chi connectivity index (χ1) is 6.57. The standard InChI is InChI=1S/C10H17N3O/c1-10(2,7-11)13-8-5-4-6-9(12-8)14-3/h4-6H,7,11H2,1-3H3,(H,12,13). The van der Waals surface area contributed by atoms with Crippen LogP contribution in [0.4, 0.5) is 5.82 Å². The van der Waals surface area contributed by atoms with Gasteiger partial charge in [-0.3, -0.25) is 0 Å². The fourth-order valence-electron chi connectivity index (χ4n) is 0.996. The normalized spacial score (nSPS) is 11.1. The molecule has 4 nitrogen and oxygen atoms in total. The molecule has 3 N–H and O–H groups in total. The van der Waals surface area contributed by atoms with Gasteiger partial charge in [0.2, 0.25) is 5.88 Å².